The molecule has 1 heterocycles. The Morgan fingerprint density at radius 1 is 1.13 bits per heavy atom. The van der Waals surface area contributed by atoms with E-state index < -0.39 is 36.0 Å². The molecule has 0 aromatic heterocycles. The molecule has 1 aromatic carbocycles. The van der Waals surface area contributed by atoms with E-state index in [0.29, 0.717) is 32.3 Å². The van der Waals surface area contributed by atoms with Crippen LogP contribution in [0, 0.1) is 0 Å². The molecule has 0 saturated carbocycles. The van der Waals surface area contributed by atoms with Gasteiger partial charge in [0, 0.05) is 13.2 Å². The summed E-state index contributed by atoms with van der Waals surface area (Å²) in [4.78, 5) is 37.9. The number of carbonyl (C=O) groups is 3. The lowest BCUT2D eigenvalue weighted by Gasteiger charge is -2.33. The Labute approximate surface area is 177 Å². The molecule has 0 aliphatic carbocycles. The molecule has 2 unspecified atom stereocenters. The van der Waals surface area contributed by atoms with Crippen LogP contribution in [0.25, 0.3) is 0 Å². The van der Waals surface area contributed by atoms with Gasteiger partial charge in [-0.2, -0.15) is 0 Å². The van der Waals surface area contributed by atoms with E-state index in [0.717, 1.165) is 18.4 Å². The fourth-order valence-corrected chi connectivity index (χ4v) is 3.67. The van der Waals surface area contributed by atoms with Gasteiger partial charge in [0.15, 0.2) is 0 Å². The van der Waals surface area contributed by atoms with Crippen molar-refractivity contribution in [2.75, 3.05) is 19.8 Å². The normalized spacial score (nSPS) is 20.2. The van der Waals surface area contributed by atoms with Gasteiger partial charge in [-0.1, -0.05) is 43.2 Å². The van der Waals surface area contributed by atoms with Gasteiger partial charge in [-0.3, -0.25) is 14.9 Å². The van der Waals surface area contributed by atoms with Crippen LogP contribution in [0.1, 0.15) is 44.6 Å². The third kappa shape index (κ3) is 7.42. The third-order valence-corrected chi connectivity index (χ3v) is 5.37. The Hall–Kier alpha value is -2.45. The first kappa shape index (κ1) is 23.8. The lowest BCUT2D eigenvalue weighted by atomic mass is 10.0. The van der Waals surface area contributed by atoms with Gasteiger partial charge in [0.25, 0.3) is 0 Å². The molecule has 2 rings (SSSR count). The number of aryl methyl sites for hydroxylation is 1. The first-order chi connectivity index (χ1) is 14.4. The minimum Gasteiger partial charge on any atom is -0.480 e. The Bertz CT molecular complexity index is 696. The van der Waals surface area contributed by atoms with Crippen molar-refractivity contribution in [2.45, 2.75) is 63.6 Å². The average molecular weight is 421 g/mol. The predicted molar refractivity (Wildman–Crippen MR) is 111 cm³/mol. The molecule has 1 aromatic rings. The lowest BCUT2D eigenvalue weighted by molar-refractivity contribution is -0.152. The summed E-state index contributed by atoms with van der Waals surface area (Å²) in [5.74, 6) is -2.50. The second-order valence-electron chi connectivity index (χ2n) is 7.65. The lowest BCUT2D eigenvalue weighted by Crippen LogP contribution is -2.55. The zero-order valence-corrected chi connectivity index (χ0v) is 17.5. The number of rotatable bonds is 8. The molecule has 1 amide bonds. The molecular formula is C22H32N2O6. The fourth-order valence-electron chi connectivity index (χ4n) is 3.67. The molecule has 0 radical (unpaired) electrons. The summed E-state index contributed by atoms with van der Waals surface area (Å²) in [6, 6.07) is 6.87. The van der Waals surface area contributed by atoms with Crippen molar-refractivity contribution >= 4 is 17.8 Å². The molecule has 166 valence electrons. The SMILES string of the molecule is C[C@H](NC(CCc1ccccc1)C(=O)O)C(=O)N1CCOCCCCCC1C(=O)O. The van der Waals surface area contributed by atoms with Crippen molar-refractivity contribution in [2.24, 2.45) is 0 Å². The highest BCUT2D eigenvalue weighted by Crippen LogP contribution is 2.15. The molecule has 1 aliphatic rings. The summed E-state index contributed by atoms with van der Waals surface area (Å²) in [5.41, 5.74) is 1.02. The molecule has 1 fully saturated rings. The van der Waals surface area contributed by atoms with Gasteiger partial charge in [-0.05, 0) is 38.2 Å². The van der Waals surface area contributed by atoms with E-state index >= 15 is 0 Å². The number of amides is 1. The van der Waals surface area contributed by atoms with Crippen LogP contribution in [0.15, 0.2) is 30.3 Å². The van der Waals surface area contributed by atoms with Crippen molar-refractivity contribution in [3.63, 3.8) is 0 Å². The summed E-state index contributed by atoms with van der Waals surface area (Å²) < 4.78 is 5.50. The van der Waals surface area contributed by atoms with Gasteiger partial charge >= 0.3 is 11.9 Å². The summed E-state index contributed by atoms with van der Waals surface area (Å²) in [7, 11) is 0. The van der Waals surface area contributed by atoms with Crippen LogP contribution in [0.3, 0.4) is 0 Å². The zero-order valence-electron chi connectivity index (χ0n) is 17.5. The number of carbonyl (C=O) groups excluding carboxylic acids is 1. The number of carboxylic acid groups (broad SMARTS) is 2. The van der Waals surface area contributed by atoms with Gasteiger partial charge < -0.3 is 19.8 Å². The Morgan fingerprint density at radius 2 is 1.87 bits per heavy atom. The maximum Gasteiger partial charge on any atom is 0.326 e. The van der Waals surface area contributed by atoms with E-state index in [-0.39, 0.29) is 13.2 Å². The Kier molecular flexibility index (Phi) is 9.76. The summed E-state index contributed by atoms with van der Waals surface area (Å²) in [5, 5.41) is 22.1. The van der Waals surface area contributed by atoms with Crippen LogP contribution in [0.5, 0.6) is 0 Å². The highest BCUT2D eigenvalue weighted by Gasteiger charge is 2.33. The van der Waals surface area contributed by atoms with E-state index in [2.05, 4.69) is 5.32 Å². The first-order valence-corrected chi connectivity index (χ1v) is 10.5. The second-order valence-corrected chi connectivity index (χ2v) is 7.65. The van der Waals surface area contributed by atoms with Gasteiger partial charge in [-0.15, -0.1) is 0 Å². The summed E-state index contributed by atoms with van der Waals surface area (Å²) >= 11 is 0. The Balaban J connectivity index is 2.04. The minimum atomic E-state index is -1.05. The van der Waals surface area contributed by atoms with Gasteiger partial charge in [-0.25, -0.2) is 4.79 Å². The van der Waals surface area contributed by atoms with Crippen LogP contribution in [-0.4, -0.2) is 70.8 Å². The van der Waals surface area contributed by atoms with Crippen LogP contribution in [-0.2, 0) is 25.5 Å². The molecule has 0 spiro atoms. The molecule has 8 heteroatoms. The molecule has 3 atom stereocenters. The van der Waals surface area contributed by atoms with Crippen molar-refractivity contribution < 1.29 is 29.3 Å². The molecule has 1 saturated heterocycles. The number of carboxylic acids is 2. The Morgan fingerprint density at radius 3 is 2.53 bits per heavy atom. The minimum absolute atomic E-state index is 0.170. The van der Waals surface area contributed by atoms with E-state index in [9.17, 15) is 24.6 Å². The topological polar surface area (TPSA) is 116 Å². The summed E-state index contributed by atoms with van der Waals surface area (Å²) in [6.45, 7) is 2.61. The number of benzene rings is 1. The van der Waals surface area contributed by atoms with Gasteiger partial charge in [0.1, 0.15) is 12.1 Å². The standard InChI is InChI=1S/C22H32N2O6/c1-16(23-18(21(26)27)12-11-17-8-4-2-5-9-17)20(25)24-13-15-30-14-7-3-6-10-19(24)22(28)29/h2,4-5,8-9,16,18-19,23H,3,6-7,10-15H2,1H3,(H,26,27)(H,28,29)/t16-,18?,19?/m0/s1. The highest BCUT2D eigenvalue weighted by molar-refractivity contribution is 5.87. The average Bonchev–Trinajstić information content (AvgIpc) is 2.74. The number of hydrogen-bond acceptors (Lipinski definition) is 5. The second kappa shape index (κ2) is 12.3. The maximum absolute atomic E-state index is 13.1. The van der Waals surface area contributed by atoms with Crippen molar-refractivity contribution in [3.8, 4) is 0 Å². The highest BCUT2D eigenvalue weighted by atomic mass is 16.5. The fraction of sp³-hybridized carbons (Fsp3) is 0.591. The zero-order chi connectivity index (χ0) is 21.9. The summed E-state index contributed by atoms with van der Waals surface area (Å²) in [6.07, 6.45) is 3.68. The molecule has 8 nitrogen and oxygen atoms in total. The van der Waals surface area contributed by atoms with Crippen LogP contribution in [0.4, 0.5) is 0 Å². The number of nitrogens with one attached hydrogen (secondary N) is 1. The molecule has 0 bridgehead atoms. The first-order valence-electron chi connectivity index (χ1n) is 10.5. The van der Waals surface area contributed by atoms with Gasteiger partial charge in [0.2, 0.25) is 5.91 Å². The number of hydrogen-bond donors (Lipinski definition) is 3. The van der Waals surface area contributed by atoms with Crippen LogP contribution >= 0.6 is 0 Å². The van der Waals surface area contributed by atoms with Crippen molar-refractivity contribution in [3.05, 3.63) is 35.9 Å². The number of nitrogens with zero attached hydrogens (tertiary/aromatic N) is 1. The van der Waals surface area contributed by atoms with E-state index in [1.165, 1.54) is 4.90 Å². The van der Waals surface area contributed by atoms with E-state index in [1.807, 2.05) is 30.3 Å². The monoisotopic (exact) mass is 420 g/mol. The van der Waals surface area contributed by atoms with Crippen LogP contribution < -0.4 is 5.32 Å². The smallest absolute Gasteiger partial charge is 0.326 e. The number of aliphatic carboxylic acids is 2. The largest absolute Gasteiger partial charge is 0.480 e. The van der Waals surface area contributed by atoms with E-state index in [1.54, 1.807) is 6.92 Å². The molecule has 1 aliphatic heterocycles. The molecule has 30 heavy (non-hydrogen) atoms. The quantitative estimate of drug-likeness (QED) is 0.588. The maximum atomic E-state index is 13.1. The molecular weight excluding hydrogens is 388 g/mol. The number of ether oxygens (including phenoxy) is 1. The predicted octanol–water partition coefficient (Wildman–Crippen LogP) is 1.92. The van der Waals surface area contributed by atoms with Crippen molar-refractivity contribution in [1.29, 1.82) is 0 Å². The van der Waals surface area contributed by atoms with Crippen LogP contribution in [0.2, 0.25) is 0 Å². The molecule has 3 N–H and O–H groups in total. The van der Waals surface area contributed by atoms with Crippen molar-refractivity contribution in [1.82, 2.24) is 10.2 Å². The third-order valence-electron chi connectivity index (χ3n) is 5.37. The van der Waals surface area contributed by atoms with E-state index in [4.69, 9.17) is 4.74 Å². The van der Waals surface area contributed by atoms with Gasteiger partial charge in [0.05, 0.1) is 12.6 Å².